The third-order valence-corrected chi connectivity index (χ3v) is 2.48. The van der Waals surface area contributed by atoms with Crippen molar-refractivity contribution in [2.75, 3.05) is 0 Å². The van der Waals surface area contributed by atoms with Gasteiger partial charge in [0.05, 0.1) is 0 Å². The molecule has 2 N–H and O–H groups in total. The van der Waals surface area contributed by atoms with E-state index in [0.717, 1.165) is 11.1 Å². The first-order valence-corrected chi connectivity index (χ1v) is 5.15. The maximum Gasteiger partial charge on any atom is 0.220 e. The summed E-state index contributed by atoms with van der Waals surface area (Å²) in [6.07, 6.45) is 1.44. The van der Waals surface area contributed by atoms with Gasteiger partial charge in [0.2, 0.25) is 5.95 Å². The summed E-state index contributed by atoms with van der Waals surface area (Å²) in [6.45, 7) is 1.90. The standard InChI is InChI=1S/C13H13FN2/c1-9(15)10-4-2-5-11(8-10)12-6-3-7-16-13(12)14/h2-9H,15H2,1H3. The van der Waals surface area contributed by atoms with E-state index in [1.165, 1.54) is 6.20 Å². The zero-order valence-electron chi connectivity index (χ0n) is 9.02. The lowest BCUT2D eigenvalue weighted by Crippen LogP contribution is -2.04. The first-order valence-electron chi connectivity index (χ1n) is 5.15. The Hall–Kier alpha value is -1.74. The quantitative estimate of drug-likeness (QED) is 0.784. The number of rotatable bonds is 2. The molecule has 0 aliphatic heterocycles. The van der Waals surface area contributed by atoms with Gasteiger partial charge in [0.25, 0.3) is 0 Å². The van der Waals surface area contributed by atoms with Crippen LogP contribution in [0.15, 0.2) is 42.6 Å². The van der Waals surface area contributed by atoms with E-state index in [-0.39, 0.29) is 6.04 Å². The first kappa shape index (κ1) is 10.8. The normalized spacial score (nSPS) is 12.4. The number of benzene rings is 1. The number of aromatic nitrogens is 1. The van der Waals surface area contributed by atoms with Gasteiger partial charge in [-0.05, 0) is 36.2 Å². The molecule has 0 saturated carbocycles. The third kappa shape index (κ3) is 2.09. The Labute approximate surface area is 93.9 Å². The van der Waals surface area contributed by atoms with Gasteiger partial charge in [0.15, 0.2) is 0 Å². The molecule has 0 spiro atoms. The van der Waals surface area contributed by atoms with Crippen molar-refractivity contribution < 1.29 is 4.39 Å². The molecule has 2 nitrogen and oxygen atoms in total. The average molecular weight is 216 g/mol. The number of nitrogens with zero attached hydrogens (tertiary/aromatic N) is 1. The summed E-state index contributed by atoms with van der Waals surface area (Å²) in [4.78, 5) is 3.63. The van der Waals surface area contributed by atoms with Crippen molar-refractivity contribution in [3.8, 4) is 11.1 Å². The Morgan fingerprint density at radius 2 is 2.06 bits per heavy atom. The summed E-state index contributed by atoms with van der Waals surface area (Å²) in [6, 6.07) is 10.9. The molecule has 0 amide bonds. The fraction of sp³-hybridized carbons (Fsp3) is 0.154. The van der Waals surface area contributed by atoms with E-state index >= 15 is 0 Å². The highest BCUT2D eigenvalue weighted by molar-refractivity contribution is 5.63. The Kier molecular flexibility index (Phi) is 2.97. The Morgan fingerprint density at radius 3 is 2.75 bits per heavy atom. The summed E-state index contributed by atoms with van der Waals surface area (Å²) < 4.78 is 13.5. The molecule has 0 radical (unpaired) electrons. The minimum Gasteiger partial charge on any atom is -0.324 e. The minimum absolute atomic E-state index is 0.0558. The molecule has 82 valence electrons. The fourth-order valence-corrected chi connectivity index (χ4v) is 1.59. The molecule has 1 heterocycles. The van der Waals surface area contributed by atoms with Crippen molar-refractivity contribution in [3.63, 3.8) is 0 Å². The highest BCUT2D eigenvalue weighted by Crippen LogP contribution is 2.23. The molecule has 2 rings (SSSR count). The van der Waals surface area contributed by atoms with Gasteiger partial charge in [0.1, 0.15) is 0 Å². The molecular formula is C13H13FN2. The van der Waals surface area contributed by atoms with E-state index in [1.807, 2.05) is 31.2 Å². The molecule has 0 aliphatic rings. The van der Waals surface area contributed by atoms with Gasteiger partial charge >= 0.3 is 0 Å². The second-order valence-corrected chi connectivity index (χ2v) is 3.76. The van der Waals surface area contributed by atoms with Crippen LogP contribution in [0.25, 0.3) is 11.1 Å². The highest BCUT2D eigenvalue weighted by atomic mass is 19.1. The lowest BCUT2D eigenvalue weighted by molar-refractivity contribution is 0.587. The van der Waals surface area contributed by atoms with Crippen molar-refractivity contribution in [2.24, 2.45) is 5.73 Å². The van der Waals surface area contributed by atoms with Crippen LogP contribution in [-0.2, 0) is 0 Å². The zero-order valence-corrected chi connectivity index (χ0v) is 9.02. The number of halogens is 1. The van der Waals surface area contributed by atoms with Crippen LogP contribution < -0.4 is 5.73 Å². The Balaban J connectivity index is 2.49. The summed E-state index contributed by atoms with van der Waals surface area (Å²) in [5, 5.41) is 0. The number of hydrogen-bond acceptors (Lipinski definition) is 2. The van der Waals surface area contributed by atoms with Crippen molar-refractivity contribution >= 4 is 0 Å². The largest absolute Gasteiger partial charge is 0.324 e. The maximum atomic E-state index is 13.5. The maximum absolute atomic E-state index is 13.5. The second kappa shape index (κ2) is 4.41. The molecule has 0 fully saturated rings. The Bertz CT molecular complexity index is 495. The topological polar surface area (TPSA) is 38.9 Å². The number of nitrogens with two attached hydrogens (primary N) is 1. The Morgan fingerprint density at radius 1 is 1.25 bits per heavy atom. The van der Waals surface area contributed by atoms with Gasteiger partial charge in [-0.2, -0.15) is 4.39 Å². The van der Waals surface area contributed by atoms with Crippen LogP contribution in [0.1, 0.15) is 18.5 Å². The molecule has 0 aliphatic carbocycles. The fourth-order valence-electron chi connectivity index (χ4n) is 1.59. The summed E-state index contributed by atoms with van der Waals surface area (Å²) in [5.41, 5.74) is 8.09. The van der Waals surface area contributed by atoms with Gasteiger partial charge in [0, 0.05) is 17.8 Å². The molecule has 1 aromatic heterocycles. The molecule has 0 bridgehead atoms. The van der Waals surface area contributed by atoms with Crippen LogP contribution in [-0.4, -0.2) is 4.98 Å². The summed E-state index contributed by atoms with van der Waals surface area (Å²) in [7, 11) is 0. The van der Waals surface area contributed by atoms with Crippen LogP contribution in [0.4, 0.5) is 4.39 Å². The lowest BCUT2D eigenvalue weighted by atomic mass is 10.0. The van der Waals surface area contributed by atoms with Crippen LogP contribution >= 0.6 is 0 Å². The smallest absolute Gasteiger partial charge is 0.220 e. The first-order chi connectivity index (χ1) is 7.68. The molecule has 3 heteroatoms. The average Bonchev–Trinajstić information content (AvgIpc) is 2.30. The van der Waals surface area contributed by atoms with E-state index < -0.39 is 5.95 Å². The van der Waals surface area contributed by atoms with Crippen molar-refractivity contribution in [1.29, 1.82) is 0 Å². The van der Waals surface area contributed by atoms with Gasteiger partial charge in [-0.15, -0.1) is 0 Å². The predicted octanol–water partition coefficient (Wildman–Crippen LogP) is 2.91. The second-order valence-electron chi connectivity index (χ2n) is 3.76. The van der Waals surface area contributed by atoms with Crippen LogP contribution in [0.2, 0.25) is 0 Å². The van der Waals surface area contributed by atoms with Crippen LogP contribution in [0.5, 0.6) is 0 Å². The van der Waals surface area contributed by atoms with E-state index in [1.54, 1.807) is 12.1 Å². The van der Waals surface area contributed by atoms with Gasteiger partial charge in [-0.3, -0.25) is 0 Å². The number of pyridine rings is 1. The van der Waals surface area contributed by atoms with Crippen molar-refractivity contribution in [1.82, 2.24) is 4.98 Å². The van der Waals surface area contributed by atoms with E-state index in [9.17, 15) is 4.39 Å². The zero-order chi connectivity index (χ0) is 11.5. The SMILES string of the molecule is CC(N)c1cccc(-c2cccnc2F)c1. The van der Waals surface area contributed by atoms with Crippen LogP contribution in [0.3, 0.4) is 0 Å². The molecule has 1 unspecified atom stereocenters. The molecule has 2 aromatic rings. The molecule has 1 atom stereocenters. The minimum atomic E-state index is -0.454. The van der Waals surface area contributed by atoms with Gasteiger partial charge < -0.3 is 5.73 Å². The monoisotopic (exact) mass is 216 g/mol. The van der Waals surface area contributed by atoms with E-state index in [0.29, 0.717) is 5.56 Å². The van der Waals surface area contributed by atoms with E-state index in [2.05, 4.69) is 4.98 Å². The van der Waals surface area contributed by atoms with Crippen molar-refractivity contribution in [2.45, 2.75) is 13.0 Å². The van der Waals surface area contributed by atoms with Crippen LogP contribution in [0, 0.1) is 5.95 Å². The molecule has 16 heavy (non-hydrogen) atoms. The molecular weight excluding hydrogens is 203 g/mol. The van der Waals surface area contributed by atoms with E-state index in [4.69, 9.17) is 5.73 Å². The molecule has 1 aromatic carbocycles. The number of hydrogen-bond donors (Lipinski definition) is 1. The van der Waals surface area contributed by atoms with Gasteiger partial charge in [-0.1, -0.05) is 18.2 Å². The lowest BCUT2D eigenvalue weighted by Gasteiger charge is -2.08. The van der Waals surface area contributed by atoms with Gasteiger partial charge in [-0.25, -0.2) is 4.98 Å². The third-order valence-electron chi connectivity index (χ3n) is 2.48. The summed E-state index contributed by atoms with van der Waals surface area (Å²) in [5.74, 6) is -0.454. The predicted molar refractivity (Wildman–Crippen MR) is 62.2 cm³/mol. The molecule has 0 saturated heterocycles. The summed E-state index contributed by atoms with van der Waals surface area (Å²) >= 11 is 0. The highest BCUT2D eigenvalue weighted by Gasteiger charge is 2.06. The van der Waals surface area contributed by atoms with Crippen molar-refractivity contribution in [3.05, 3.63) is 54.1 Å².